The first-order valence-electron chi connectivity index (χ1n) is 18.5. The molecule has 0 atom stereocenters. The fraction of sp³-hybridized carbons (Fsp3) is 0.632. The van der Waals surface area contributed by atoms with Gasteiger partial charge in [0.05, 0.1) is 12.8 Å². The van der Waals surface area contributed by atoms with E-state index in [1.54, 1.807) is 18.7 Å². The van der Waals surface area contributed by atoms with E-state index in [0.717, 1.165) is 74.3 Å². The summed E-state index contributed by atoms with van der Waals surface area (Å²) in [6, 6.07) is 8.10. The highest BCUT2D eigenvalue weighted by atomic mass is 16.5. The molecule has 4 rings (SSSR count). The van der Waals surface area contributed by atoms with Crippen LogP contribution in [-0.2, 0) is 25.4 Å². The number of esters is 1. The summed E-state index contributed by atoms with van der Waals surface area (Å²) in [7, 11) is 4.72. The Bertz CT molecular complexity index is 1610. The van der Waals surface area contributed by atoms with Crippen molar-refractivity contribution >= 4 is 22.8 Å². The molecular weight excluding hydrogens is 620 g/mol. The molecule has 11 nitrogen and oxygen atoms in total. The summed E-state index contributed by atoms with van der Waals surface area (Å²) < 4.78 is 15.4. The lowest BCUT2D eigenvalue weighted by Gasteiger charge is -2.36. The zero-order chi connectivity index (χ0) is 35.0. The normalized spacial score (nSPS) is 13.9. The van der Waals surface area contributed by atoms with E-state index in [1.807, 2.05) is 18.2 Å². The van der Waals surface area contributed by atoms with Crippen molar-refractivity contribution in [2.75, 3.05) is 44.7 Å². The number of hydrogen-bond acceptors (Lipinski definition) is 8. The van der Waals surface area contributed by atoms with Gasteiger partial charge in [0, 0.05) is 59.8 Å². The molecule has 0 spiro atoms. The molecule has 1 aliphatic rings. The van der Waals surface area contributed by atoms with Gasteiger partial charge in [-0.15, -0.1) is 0 Å². The molecule has 1 aliphatic heterocycles. The molecular formula is C38H58N6O5. The molecule has 0 N–H and O–H groups in total. The Labute approximate surface area is 291 Å². The average molecular weight is 679 g/mol. The maximum atomic E-state index is 13.3. The SMILES string of the molecule is CCCCCCCC/C=C\CCCCCCCC(=O)Oc1nc2c(c(=O)n(C)c(=O)n2C)n1CCN1CCN(c2ccccc2OC)CC1. The van der Waals surface area contributed by atoms with Crippen LogP contribution in [0.1, 0.15) is 96.8 Å². The van der Waals surface area contributed by atoms with E-state index in [1.165, 1.54) is 63.0 Å². The highest BCUT2D eigenvalue weighted by Gasteiger charge is 2.24. The summed E-state index contributed by atoms with van der Waals surface area (Å²) >= 11 is 0. The predicted molar refractivity (Wildman–Crippen MR) is 197 cm³/mol. The third-order valence-electron chi connectivity index (χ3n) is 9.60. The van der Waals surface area contributed by atoms with E-state index < -0.39 is 11.2 Å². The van der Waals surface area contributed by atoms with E-state index in [2.05, 4.69) is 39.9 Å². The van der Waals surface area contributed by atoms with Gasteiger partial charge in [-0.1, -0.05) is 82.6 Å². The standard InChI is InChI=1S/C38H58N6O5/c1-5-6-7-8-9-10-11-12-13-14-15-16-17-18-19-24-33(45)49-37-39-35-34(36(46)41(3)38(47)40(35)2)44(37)30-27-42-25-28-43(29-26-42)31-22-20-21-23-32(31)48-4/h12-13,20-23H,5-11,14-19,24-30H2,1-4H3/b13-12-. The Balaban J connectivity index is 1.25. The van der Waals surface area contributed by atoms with Crippen LogP contribution in [0, 0.1) is 0 Å². The van der Waals surface area contributed by atoms with Crippen molar-refractivity contribution in [2.24, 2.45) is 14.1 Å². The summed E-state index contributed by atoms with van der Waals surface area (Å²) in [4.78, 5) is 48.0. The number of rotatable bonds is 21. The molecule has 0 amide bonds. The molecule has 0 radical (unpaired) electrons. The lowest BCUT2D eigenvalue weighted by Crippen LogP contribution is -2.47. The van der Waals surface area contributed by atoms with Crippen LogP contribution >= 0.6 is 0 Å². The molecule has 0 aliphatic carbocycles. The summed E-state index contributed by atoms with van der Waals surface area (Å²) in [6.45, 7) is 6.60. The van der Waals surface area contributed by atoms with E-state index in [4.69, 9.17) is 9.47 Å². The highest BCUT2D eigenvalue weighted by Crippen LogP contribution is 2.28. The number of aryl methyl sites for hydroxylation is 1. The fourth-order valence-electron chi connectivity index (χ4n) is 6.55. The Hall–Kier alpha value is -3.86. The molecule has 0 bridgehead atoms. The smallest absolute Gasteiger partial charge is 0.332 e. The van der Waals surface area contributed by atoms with Crippen molar-refractivity contribution in [1.29, 1.82) is 0 Å². The van der Waals surface area contributed by atoms with Crippen molar-refractivity contribution in [2.45, 2.75) is 103 Å². The van der Waals surface area contributed by atoms with Gasteiger partial charge < -0.3 is 14.4 Å². The lowest BCUT2D eigenvalue weighted by atomic mass is 10.1. The molecule has 2 aromatic heterocycles. The first-order chi connectivity index (χ1) is 23.8. The van der Waals surface area contributed by atoms with Gasteiger partial charge in [0.1, 0.15) is 5.75 Å². The van der Waals surface area contributed by atoms with Crippen LogP contribution in [0.3, 0.4) is 0 Å². The van der Waals surface area contributed by atoms with Crippen LogP contribution in [0.25, 0.3) is 11.2 Å². The Morgan fingerprint density at radius 1 is 0.816 bits per heavy atom. The maximum Gasteiger partial charge on any atom is 0.332 e. The predicted octanol–water partition coefficient (Wildman–Crippen LogP) is 6.21. The van der Waals surface area contributed by atoms with E-state index in [-0.39, 0.29) is 29.6 Å². The van der Waals surface area contributed by atoms with Gasteiger partial charge in [0.2, 0.25) is 0 Å². The van der Waals surface area contributed by atoms with Gasteiger partial charge in [0.25, 0.3) is 5.56 Å². The number of aromatic nitrogens is 4. The Kier molecular flexibility index (Phi) is 15.5. The fourth-order valence-corrected chi connectivity index (χ4v) is 6.55. The summed E-state index contributed by atoms with van der Waals surface area (Å²) in [5, 5.41) is 0. The highest BCUT2D eigenvalue weighted by molar-refractivity contribution is 5.75. The Morgan fingerprint density at radius 2 is 1.45 bits per heavy atom. The van der Waals surface area contributed by atoms with E-state index in [9.17, 15) is 14.4 Å². The van der Waals surface area contributed by atoms with Crippen molar-refractivity contribution in [1.82, 2.24) is 23.6 Å². The third kappa shape index (κ3) is 10.8. The van der Waals surface area contributed by atoms with Crippen molar-refractivity contribution < 1.29 is 14.3 Å². The summed E-state index contributed by atoms with van der Waals surface area (Å²) in [6.07, 6.45) is 20.4. The van der Waals surface area contributed by atoms with E-state index in [0.29, 0.717) is 13.1 Å². The molecule has 11 heteroatoms. The minimum atomic E-state index is -0.471. The van der Waals surface area contributed by atoms with Crippen molar-refractivity contribution in [3.63, 3.8) is 0 Å². The van der Waals surface area contributed by atoms with Gasteiger partial charge in [-0.25, -0.2) is 4.79 Å². The second kappa shape index (κ2) is 20.0. The monoisotopic (exact) mass is 678 g/mol. The number of unbranched alkanes of at least 4 members (excludes halogenated alkanes) is 11. The molecule has 3 aromatic rings. The van der Waals surface area contributed by atoms with E-state index >= 15 is 0 Å². The molecule has 1 fully saturated rings. The molecule has 0 saturated carbocycles. The van der Waals surface area contributed by atoms with Gasteiger partial charge in [-0.2, -0.15) is 4.98 Å². The molecule has 1 aromatic carbocycles. The maximum absolute atomic E-state index is 13.3. The number of nitrogens with zero attached hydrogens (tertiary/aromatic N) is 6. The zero-order valence-corrected chi connectivity index (χ0v) is 30.3. The molecule has 0 unspecified atom stereocenters. The van der Waals surface area contributed by atoms with Crippen LogP contribution in [0.2, 0.25) is 0 Å². The first-order valence-corrected chi connectivity index (χ1v) is 18.5. The number of para-hydroxylation sites is 2. The largest absolute Gasteiger partial charge is 0.495 e. The molecule has 49 heavy (non-hydrogen) atoms. The molecule has 270 valence electrons. The number of allylic oxidation sites excluding steroid dienone is 2. The number of carbonyl (C=O) groups is 1. The van der Waals surface area contributed by atoms with Gasteiger partial charge in [-0.3, -0.25) is 28.2 Å². The number of hydrogen-bond donors (Lipinski definition) is 0. The minimum absolute atomic E-state index is 0.0682. The van der Waals surface area contributed by atoms with Crippen molar-refractivity contribution in [3.8, 4) is 11.8 Å². The summed E-state index contributed by atoms with van der Waals surface area (Å²) in [5.74, 6) is 0.483. The van der Waals surface area contributed by atoms with Crippen molar-refractivity contribution in [3.05, 3.63) is 57.3 Å². The number of fused-ring (bicyclic) bond motifs is 1. The van der Waals surface area contributed by atoms with Crippen LogP contribution in [0.4, 0.5) is 5.69 Å². The van der Waals surface area contributed by atoms with Crippen LogP contribution in [-0.4, -0.2) is 69.4 Å². The number of benzene rings is 1. The van der Waals surface area contributed by atoms with Crippen LogP contribution in [0.5, 0.6) is 11.8 Å². The Morgan fingerprint density at radius 3 is 2.12 bits per heavy atom. The number of carbonyl (C=O) groups excluding carboxylic acids is 1. The van der Waals surface area contributed by atoms with Crippen LogP contribution < -0.4 is 25.6 Å². The molecule has 1 saturated heterocycles. The van der Waals surface area contributed by atoms with Gasteiger partial charge in [0.15, 0.2) is 11.2 Å². The van der Waals surface area contributed by atoms with Crippen LogP contribution in [0.15, 0.2) is 46.0 Å². The second-order valence-electron chi connectivity index (χ2n) is 13.2. The topological polar surface area (TPSA) is 104 Å². The second-order valence-corrected chi connectivity index (χ2v) is 13.2. The summed E-state index contributed by atoms with van der Waals surface area (Å²) in [5.41, 5.74) is 0.640. The average Bonchev–Trinajstić information content (AvgIpc) is 3.48. The third-order valence-corrected chi connectivity index (χ3v) is 9.60. The van der Waals surface area contributed by atoms with Gasteiger partial charge >= 0.3 is 17.7 Å². The number of methoxy groups -OCH3 is 1. The lowest BCUT2D eigenvalue weighted by molar-refractivity contribution is -0.135. The quantitative estimate of drug-likeness (QED) is 0.0745. The van der Waals surface area contributed by atoms with Gasteiger partial charge in [-0.05, 0) is 44.2 Å². The number of anilines is 1. The first kappa shape index (κ1) is 38.0. The number of piperazine rings is 1. The minimum Gasteiger partial charge on any atom is -0.495 e. The number of imidazole rings is 1. The zero-order valence-electron chi connectivity index (χ0n) is 30.3. The number of ether oxygens (including phenoxy) is 2. The molecule has 3 heterocycles.